The van der Waals surface area contributed by atoms with Crippen molar-refractivity contribution in [2.75, 3.05) is 19.8 Å². The number of β-amino-alcohol motifs (C(OH)–C–C–N with tert-alkyl or cyclic N) is 1. The third-order valence-electron chi connectivity index (χ3n) is 6.08. The van der Waals surface area contributed by atoms with Crippen molar-refractivity contribution in [3.05, 3.63) is 53.9 Å². The zero-order valence-corrected chi connectivity index (χ0v) is 18.8. The molecule has 1 aliphatic heterocycles. The average Bonchev–Trinajstić information content (AvgIpc) is 3.66. The van der Waals surface area contributed by atoms with Gasteiger partial charge in [-0.2, -0.15) is 13.1 Å². The molecule has 0 bridgehead atoms. The van der Waals surface area contributed by atoms with E-state index in [1.807, 2.05) is 0 Å². The lowest BCUT2D eigenvalue weighted by atomic mass is 9.92. The number of carbonyl (C=O) groups is 1. The smallest absolute Gasteiger partial charge is 0.315 e. The molecule has 2 fully saturated rings. The molecule has 2 aromatic rings. The lowest BCUT2D eigenvalue weighted by Crippen LogP contribution is -2.62. The molecule has 34 heavy (non-hydrogen) atoms. The van der Waals surface area contributed by atoms with Crippen molar-refractivity contribution in [1.82, 2.24) is 14.6 Å². The lowest BCUT2D eigenvalue weighted by molar-refractivity contribution is -0.133. The number of nitrogens with one attached hydrogen (secondary N) is 1. The number of aliphatic hydroxyl groups is 2. The summed E-state index contributed by atoms with van der Waals surface area (Å²) in [7, 11) is -3.35. The topological polar surface area (TPSA) is 120 Å². The van der Waals surface area contributed by atoms with Crippen LogP contribution < -0.4 is 5.32 Å². The molecular formula is C22H24F3N3O5S. The van der Waals surface area contributed by atoms with Crippen LogP contribution in [0, 0.1) is 0 Å². The van der Waals surface area contributed by atoms with E-state index in [0.29, 0.717) is 29.7 Å². The number of sulfonamides is 1. The second kappa shape index (κ2) is 9.25. The third-order valence-corrected chi connectivity index (χ3v) is 8.37. The molecule has 0 unspecified atom stereocenters. The second-order valence-electron chi connectivity index (χ2n) is 8.61. The summed E-state index contributed by atoms with van der Waals surface area (Å²) in [5.41, 5.74) is 0.584. The molecule has 2 heterocycles. The fraction of sp³-hybridized carbons (Fsp3) is 0.455. The zero-order chi connectivity index (χ0) is 24.7. The van der Waals surface area contributed by atoms with Crippen LogP contribution in [0.2, 0.25) is 0 Å². The first-order chi connectivity index (χ1) is 16.0. The molecule has 12 heteroatoms. The van der Waals surface area contributed by atoms with E-state index in [4.69, 9.17) is 0 Å². The highest BCUT2D eigenvalue weighted by atomic mass is 32.2. The first-order valence-electron chi connectivity index (χ1n) is 10.7. The van der Waals surface area contributed by atoms with Crippen LogP contribution in [0.1, 0.15) is 30.2 Å². The summed E-state index contributed by atoms with van der Waals surface area (Å²) in [6.07, 6.45) is -2.02. The monoisotopic (exact) mass is 499 g/mol. The number of nitrogens with zero attached hydrogens (tertiary/aromatic N) is 2. The summed E-state index contributed by atoms with van der Waals surface area (Å²) < 4.78 is 63.8. The molecule has 1 saturated heterocycles. The summed E-state index contributed by atoms with van der Waals surface area (Å²) in [5.74, 6) is -1.66. The molecule has 1 aliphatic carbocycles. The fourth-order valence-corrected chi connectivity index (χ4v) is 5.79. The van der Waals surface area contributed by atoms with Crippen molar-refractivity contribution < 1.29 is 36.6 Å². The van der Waals surface area contributed by atoms with Crippen LogP contribution in [0.25, 0.3) is 11.1 Å². The molecule has 0 radical (unpaired) electrons. The van der Waals surface area contributed by atoms with Gasteiger partial charge >= 0.3 is 6.43 Å². The number of halogens is 3. The van der Waals surface area contributed by atoms with E-state index in [-0.39, 0.29) is 23.9 Å². The Kier molecular flexibility index (Phi) is 6.69. The van der Waals surface area contributed by atoms with Gasteiger partial charge in [-0.25, -0.2) is 12.8 Å². The Morgan fingerprint density at radius 1 is 1.15 bits per heavy atom. The summed E-state index contributed by atoms with van der Waals surface area (Å²) in [6.45, 7) is -1.31. The molecule has 2 aliphatic rings. The molecule has 1 amide bonds. The maximum atomic E-state index is 13.2. The SMILES string of the molecule is O=C(N[C@H](CF)[C@@H](O)c1ccc(-c2ccc(C3(O)CN(S(=O)(=O)C4CC4)C3)nc2)cc1)C(F)F. The summed E-state index contributed by atoms with van der Waals surface area (Å²) in [5, 5.41) is 22.4. The van der Waals surface area contributed by atoms with Gasteiger partial charge in [0, 0.05) is 24.8 Å². The van der Waals surface area contributed by atoms with Gasteiger partial charge in [0.05, 0.1) is 17.0 Å². The first kappa shape index (κ1) is 24.6. The number of amides is 1. The number of aliphatic hydroxyl groups excluding tert-OH is 1. The van der Waals surface area contributed by atoms with Crippen molar-refractivity contribution in [1.29, 1.82) is 0 Å². The Bertz CT molecular complexity index is 1140. The normalized spacial score (nSPS) is 19.9. The van der Waals surface area contributed by atoms with Crippen LogP contribution in [0.3, 0.4) is 0 Å². The maximum absolute atomic E-state index is 13.2. The molecule has 184 valence electrons. The van der Waals surface area contributed by atoms with Crippen LogP contribution in [-0.4, -0.2) is 71.3 Å². The number of rotatable bonds is 9. The van der Waals surface area contributed by atoms with Gasteiger partial charge in [-0.3, -0.25) is 9.78 Å². The molecule has 2 atom stereocenters. The molecular weight excluding hydrogens is 475 g/mol. The van der Waals surface area contributed by atoms with E-state index in [1.165, 1.54) is 22.6 Å². The fourth-order valence-electron chi connectivity index (χ4n) is 3.85. The molecule has 0 spiro atoms. The van der Waals surface area contributed by atoms with E-state index < -0.39 is 46.8 Å². The van der Waals surface area contributed by atoms with Gasteiger partial charge in [0.2, 0.25) is 10.0 Å². The van der Waals surface area contributed by atoms with Crippen LogP contribution in [0.5, 0.6) is 0 Å². The van der Waals surface area contributed by atoms with Crippen LogP contribution in [0.15, 0.2) is 42.6 Å². The molecule has 4 rings (SSSR count). The second-order valence-corrected chi connectivity index (χ2v) is 10.8. The Labute approximate surface area is 194 Å². The van der Waals surface area contributed by atoms with Gasteiger partial charge in [-0.15, -0.1) is 0 Å². The van der Waals surface area contributed by atoms with E-state index in [9.17, 15) is 36.6 Å². The number of alkyl halides is 3. The van der Waals surface area contributed by atoms with E-state index in [0.717, 1.165) is 0 Å². The number of aromatic nitrogens is 1. The number of pyridine rings is 1. The largest absolute Gasteiger partial charge is 0.386 e. The Morgan fingerprint density at radius 2 is 1.76 bits per heavy atom. The van der Waals surface area contributed by atoms with Crippen LogP contribution in [-0.2, 0) is 20.4 Å². The minimum Gasteiger partial charge on any atom is -0.386 e. The highest BCUT2D eigenvalue weighted by Gasteiger charge is 2.52. The predicted octanol–water partition coefficient (Wildman–Crippen LogP) is 1.50. The van der Waals surface area contributed by atoms with E-state index >= 15 is 0 Å². The number of hydrogen-bond acceptors (Lipinski definition) is 6. The highest BCUT2D eigenvalue weighted by Crippen LogP contribution is 2.39. The Balaban J connectivity index is 1.41. The van der Waals surface area contributed by atoms with Crippen molar-refractivity contribution in [3.63, 3.8) is 0 Å². The van der Waals surface area contributed by atoms with Gasteiger partial charge in [-0.05, 0) is 30.0 Å². The average molecular weight is 500 g/mol. The van der Waals surface area contributed by atoms with Crippen molar-refractivity contribution in [2.24, 2.45) is 0 Å². The Morgan fingerprint density at radius 3 is 2.26 bits per heavy atom. The molecule has 3 N–H and O–H groups in total. The zero-order valence-electron chi connectivity index (χ0n) is 17.9. The number of hydrogen-bond donors (Lipinski definition) is 3. The number of carbonyl (C=O) groups excluding carboxylic acids is 1. The number of benzene rings is 1. The van der Waals surface area contributed by atoms with Gasteiger partial charge in [0.1, 0.15) is 18.4 Å². The summed E-state index contributed by atoms with van der Waals surface area (Å²) in [6, 6.07) is 7.98. The third kappa shape index (κ3) is 4.81. The van der Waals surface area contributed by atoms with Crippen LogP contribution in [0.4, 0.5) is 13.2 Å². The first-order valence-corrected chi connectivity index (χ1v) is 12.2. The summed E-state index contributed by atoms with van der Waals surface area (Å²) >= 11 is 0. The standard InChI is InChI=1S/C22H24F3N3O5S/c23-9-17(27-21(30)20(24)25)19(29)14-3-1-13(2-4-14)15-5-8-18(26-10-15)22(31)11-28(12-22)34(32,33)16-6-7-16/h1-5,8,10,16-17,19-20,29,31H,6-7,9,11-12H2,(H,27,30)/t17-,19+/m1/s1. The van der Waals surface area contributed by atoms with Gasteiger partial charge < -0.3 is 15.5 Å². The Hall–Kier alpha value is -2.54. The molecule has 8 nitrogen and oxygen atoms in total. The van der Waals surface area contributed by atoms with Gasteiger partial charge in [0.25, 0.3) is 5.91 Å². The quantitative estimate of drug-likeness (QED) is 0.481. The molecule has 1 aromatic carbocycles. The van der Waals surface area contributed by atoms with Crippen molar-refractivity contribution in [2.45, 2.75) is 42.3 Å². The van der Waals surface area contributed by atoms with Gasteiger partial charge in [-0.1, -0.05) is 30.3 Å². The van der Waals surface area contributed by atoms with Crippen LogP contribution >= 0.6 is 0 Å². The minimum absolute atomic E-state index is 0.0391. The molecule has 1 aromatic heterocycles. The van der Waals surface area contributed by atoms with E-state index in [1.54, 1.807) is 29.6 Å². The van der Waals surface area contributed by atoms with Crippen molar-refractivity contribution in [3.8, 4) is 11.1 Å². The minimum atomic E-state index is -3.35. The predicted molar refractivity (Wildman–Crippen MR) is 116 cm³/mol. The maximum Gasteiger partial charge on any atom is 0.315 e. The van der Waals surface area contributed by atoms with Crippen molar-refractivity contribution >= 4 is 15.9 Å². The summed E-state index contributed by atoms with van der Waals surface area (Å²) in [4.78, 5) is 15.4. The lowest BCUT2D eigenvalue weighted by Gasteiger charge is -2.44. The van der Waals surface area contributed by atoms with Gasteiger partial charge in [0.15, 0.2) is 0 Å². The molecule has 1 saturated carbocycles. The highest BCUT2D eigenvalue weighted by molar-refractivity contribution is 7.90. The van der Waals surface area contributed by atoms with E-state index in [2.05, 4.69) is 4.98 Å².